The lowest BCUT2D eigenvalue weighted by Gasteiger charge is -2.22. The van der Waals surface area contributed by atoms with Gasteiger partial charge in [-0.2, -0.15) is 0 Å². The minimum Gasteiger partial charge on any atom is -0.278 e. The molecule has 0 aliphatic carbocycles. The first-order valence-corrected chi connectivity index (χ1v) is 7.73. The molecular formula is C14H16Cl3N3O. The molecule has 1 N–H and O–H groups in total. The quantitative estimate of drug-likeness (QED) is 0.872. The molecule has 0 bridgehead atoms. The molecule has 21 heavy (non-hydrogen) atoms. The summed E-state index contributed by atoms with van der Waals surface area (Å²) in [4.78, 5) is 16.7. The maximum atomic E-state index is 12.4. The van der Waals surface area contributed by atoms with E-state index in [2.05, 4.69) is 10.4 Å². The zero-order chi connectivity index (χ0) is 15.9. The lowest BCUT2D eigenvalue weighted by Crippen LogP contribution is -2.36. The number of hydrogen-bond acceptors (Lipinski definition) is 2. The van der Waals surface area contributed by atoms with E-state index in [1.54, 1.807) is 20.8 Å². The third kappa shape index (κ3) is 2.60. The molecule has 1 fully saturated rings. The van der Waals surface area contributed by atoms with Crippen molar-refractivity contribution < 1.29 is 4.79 Å². The second-order valence-electron chi connectivity index (χ2n) is 4.91. The van der Waals surface area contributed by atoms with Crippen molar-refractivity contribution in [3.8, 4) is 0 Å². The molecule has 0 spiro atoms. The van der Waals surface area contributed by atoms with E-state index in [1.165, 1.54) is 5.01 Å². The van der Waals surface area contributed by atoms with Gasteiger partial charge in [0.2, 0.25) is 0 Å². The van der Waals surface area contributed by atoms with Crippen molar-refractivity contribution >= 4 is 52.2 Å². The van der Waals surface area contributed by atoms with Crippen molar-refractivity contribution in [1.82, 2.24) is 5.43 Å². The maximum absolute atomic E-state index is 12.4. The van der Waals surface area contributed by atoms with E-state index in [0.29, 0.717) is 44.3 Å². The van der Waals surface area contributed by atoms with E-state index in [0.717, 1.165) is 0 Å². The molecule has 0 aromatic heterocycles. The first-order chi connectivity index (χ1) is 9.81. The predicted molar refractivity (Wildman–Crippen MR) is 88.7 cm³/mol. The molecule has 1 amide bonds. The fourth-order valence-corrected chi connectivity index (χ4v) is 3.09. The van der Waals surface area contributed by atoms with Crippen LogP contribution in [0.15, 0.2) is 4.99 Å². The van der Waals surface area contributed by atoms with Crippen molar-refractivity contribution in [2.75, 3.05) is 11.6 Å². The van der Waals surface area contributed by atoms with E-state index >= 15 is 0 Å². The van der Waals surface area contributed by atoms with Crippen molar-refractivity contribution in [2.24, 2.45) is 10.9 Å². The Balaban J connectivity index is 2.59. The molecule has 1 unspecified atom stereocenters. The van der Waals surface area contributed by atoms with Crippen LogP contribution in [0.25, 0.3) is 0 Å². The van der Waals surface area contributed by atoms with E-state index in [-0.39, 0.29) is 11.8 Å². The van der Waals surface area contributed by atoms with Gasteiger partial charge in [-0.15, -0.1) is 0 Å². The molecule has 7 heteroatoms. The SMILES string of the molecule is CCN=C1NN(c2c(Cl)c(C)c(Cl)c(C)c2Cl)C(=O)C1C. The van der Waals surface area contributed by atoms with Crippen molar-refractivity contribution in [2.45, 2.75) is 27.7 Å². The zero-order valence-electron chi connectivity index (χ0n) is 12.2. The topological polar surface area (TPSA) is 44.7 Å². The Labute approximate surface area is 139 Å². The molecule has 0 radical (unpaired) electrons. The number of anilines is 1. The zero-order valence-corrected chi connectivity index (χ0v) is 14.5. The van der Waals surface area contributed by atoms with Gasteiger partial charge in [0.05, 0.1) is 16.0 Å². The molecule has 114 valence electrons. The Morgan fingerprint density at radius 3 is 2.14 bits per heavy atom. The number of halogens is 3. The van der Waals surface area contributed by atoms with Gasteiger partial charge in [-0.05, 0) is 38.8 Å². The van der Waals surface area contributed by atoms with Crippen molar-refractivity contribution in [1.29, 1.82) is 0 Å². The van der Waals surface area contributed by atoms with E-state index in [9.17, 15) is 4.79 Å². The molecule has 1 heterocycles. The Morgan fingerprint density at radius 1 is 1.14 bits per heavy atom. The van der Waals surface area contributed by atoms with Crippen LogP contribution in [0, 0.1) is 19.8 Å². The first kappa shape index (κ1) is 16.4. The average molecular weight is 349 g/mol. The maximum Gasteiger partial charge on any atom is 0.256 e. The summed E-state index contributed by atoms with van der Waals surface area (Å²) in [5, 5.41) is 2.60. The summed E-state index contributed by atoms with van der Waals surface area (Å²) in [5.74, 6) is 0.111. The Morgan fingerprint density at radius 2 is 1.67 bits per heavy atom. The van der Waals surface area contributed by atoms with Crippen LogP contribution in [0.2, 0.25) is 15.1 Å². The van der Waals surface area contributed by atoms with Crippen LogP contribution < -0.4 is 10.4 Å². The largest absolute Gasteiger partial charge is 0.278 e. The van der Waals surface area contributed by atoms with Crippen molar-refractivity contribution in [3.05, 3.63) is 26.2 Å². The van der Waals surface area contributed by atoms with Crippen LogP contribution in [0.5, 0.6) is 0 Å². The van der Waals surface area contributed by atoms with Crippen LogP contribution in [0.3, 0.4) is 0 Å². The number of carbonyl (C=O) groups excluding carboxylic acids is 1. The van der Waals surface area contributed by atoms with Gasteiger partial charge in [-0.1, -0.05) is 34.8 Å². The van der Waals surface area contributed by atoms with Gasteiger partial charge >= 0.3 is 0 Å². The Kier molecular flexibility index (Phi) is 4.71. The number of hydrogen-bond donors (Lipinski definition) is 1. The standard InChI is InChI=1S/C14H16Cl3N3O/c1-5-18-13-8(4)14(21)20(19-13)12-10(16)6(2)9(15)7(3)11(12)17/h8H,5H2,1-4H3,(H,18,19). The summed E-state index contributed by atoms with van der Waals surface area (Å²) >= 11 is 18.9. The van der Waals surface area contributed by atoms with Crippen LogP contribution in [0.4, 0.5) is 5.69 Å². The fourth-order valence-electron chi connectivity index (χ4n) is 2.21. The second-order valence-corrected chi connectivity index (χ2v) is 6.04. The number of aliphatic imine (C=N–C) groups is 1. The number of nitrogens with zero attached hydrogens (tertiary/aromatic N) is 2. The summed E-state index contributed by atoms with van der Waals surface area (Å²) < 4.78 is 0. The van der Waals surface area contributed by atoms with Gasteiger partial charge in [0.15, 0.2) is 0 Å². The van der Waals surface area contributed by atoms with Gasteiger partial charge < -0.3 is 0 Å². The third-order valence-corrected chi connectivity index (χ3v) is 5.00. The molecule has 1 atom stereocenters. The van der Waals surface area contributed by atoms with Crippen molar-refractivity contribution in [3.63, 3.8) is 0 Å². The number of amides is 1. The molecule has 1 aromatic carbocycles. The number of benzene rings is 1. The van der Waals surface area contributed by atoms with Crippen LogP contribution in [-0.2, 0) is 4.79 Å². The molecule has 4 nitrogen and oxygen atoms in total. The highest BCUT2D eigenvalue weighted by atomic mass is 35.5. The van der Waals surface area contributed by atoms with Crippen LogP contribution in [0.1, 0.15) is 25.0 Å². The predicted octanol–water partition coefficient (Wildman–Crippen LogP) is 4.17. The van der Waals surface area contributed by atoms with Gasteiger partial charge in [-0.25, -0.2) is 5.01 Å². The van der Waals surface area contributed by atoms with Crippen LogP contribution in [-0.4, -0.2) is 18.3 Å². The minimum absolute atomic E-state index is 0.146. The summed E-state index contributed by atoms with van der Waals surface area (Å²) in [6.07, 6.45) is 0. The molecule has 1 aromatic rings. The first-order valence-electron chi connectivity index (χ1n) is 6.59. The van der Waals surface area contributed by atoms with Gasteiger partial charge in [-0.3, -0.25) is 15.2 Å². The van der Waals surface area contributed by atoms with E-state index < -0.39 is 0 Å². The molecular weight excluding hydrogens is 333 g/mol. The number of nitrogens with one attached hydrogen (secondary N) is 1. The second kappa shape index (κ2) is 6.03. The third-order valence-electron chi connectivity index (χ3n) is 3.51. The minimum atomic E-state index is -0.353. The van der Waals surface area contributed by atoms with Gasteiger partial charge in [0.1, 0.15) is 11.5 Å². The number of hydrazine groups is 1. The smallest absolute Gasteiger partial charge is 0.256 e. The van der Waals surface area contributed by atoms with Gasteiger partial charge in [0, 0.05) is 11.6 Å². The highest BCUT2D eigenvalue weighted by Crippen LogP contribution is 2.43. The Bertz CT molecular complexity index is 614. The molecule has 0 saturated carbocycles. The molecule has 1 aliphatic heterocycles. The number of rotatable bonds is 2. The van der Waals surface area contributed by atoms with Gasteiger partial charge in [0.25, 0.3) is 5.91 Å². The summed E-state index contributed by atoms with van der Waals surface area (Å²) in [6, 6.07) is 0. The monoisotopic (exact) mass is 347 g/mol. The molecule has 1 saturated heterocycles. The average Bonchev–Trinajstić information content (AvgIpc) is 2.73. The lowest BCUT2D eigenvalue weighted by molar-refractivity contribution is -0.119. The summed E-state index contributed by atoms with van der Waals surface area (Å²) in [5.41, 5.74) is 4.80. The molecule has 2 rings (SSSR count). The summed E-state index contributed by atoms with van der Waals surface area (Å²) in [6.45, 7) is 7.88. The highest BCUT2D eigenvalue weighted by Gasteiger charge is 2.37. The highest BCUT2D eigenvalue weighted by molar-refractivity contribution is 6.44. The number of amidine groups is 1. The van der Waals surface area contributed by atoms with E-state index in [4.69, 9.17) is 34.8 Å². The van der Waals surface area contributed by atoms with Crippen LogP contribution >= 0.6 is 34.8 Å². The summed E-state index contributed by atoms with van der Waals surface area (Å²) in [7, 11) is 0. The molecule has 1 aliphatic rings. The normalized spacial score (nSPS) is 20.3. The number of carbonyl (C=O) groups is 1. The van der Waals surface area contributed by atoms with E-state index in [1.807, 2.05) is 6.92 Å². The lowest BCUT2D eigenvalue weighted by atomic mass is 10.1. The Hall–Kier alpha value is -0.970. The fraction of sp³-hybridized carbons (Fsp3) is 0.429.